The number of hydrogen-bond acceptors (Lipinski definition) is 7. The van der Waals surface area contributed by atoms with Gasteiger partial charge in [0.2, 0.25) is 5.96 Å². The van der Waals surface area contributed by atoms with E-state index in [-0.39, 0.29) is 10.9 Å². The highest BCUT2D eigenvalue weighted by molar-refractivity contribution is 7.85. The van der Waals surface area contributed by atoms with Gasteiger partial charge >= 0.3 is 0 Å². The zero-order chi connectivity index (χ0) is 22.0. The predicted octanol–water partition coefficient (Wildman–Crippen LogP) is 2.23. The van der Waals surface area contributed by atoms with Gasteiger partial charge in [0.15, 0.2) is 11.5 Å². The lowest BCUT2D eigenvalue weighted by Crippen LogP contribution is -2.27. The molecule has 0 spiro atoms. The minimum absolute atomic E-state index is 0.0666. The van der Waals surface area contributed by atoms with E-state index in [1.165, 1.54) is 32.6 Å². The highest BCUT2D eigenvalue weighted by atomic mass is 35.5. The number of guanidine groups is 1. The number of methoxy groups -OCH3 is 2. The third-order valence-electron chi connectivity index (χ3n) is 3.31. The van der Waals surface area contributed by atoms with Crippen molar-refractivity contribution in [2.45, 2.75) is 11.8 Å². The van der Waals surface area contributed by atoms with Crippen molar-refractivity contribution in [2.24, 2.45) is 15.9 Å². The molecule has 0 saturated heterocycles. The molecule has 0 aromatic heterocycles. The van der Waals surface area contributed by atoms with Gasteiger partial charge in [-0.05, 0) is 31.2 Å². The van der Waals surface area contributed by atoms with Gasteiger partial charge in [-0.1, -0.05) is 29.3 Å². The molecule has 0 heterocycles. The second-order valence-corrected chi connectivity index (χ2v) is 7.13. The van der Waals surface area contributed by atoms with E-state index >= 15 is 0 Å². The van der Waals surface area contributed by atoms with Gasteiger partial charge in [-0.15, -0.1) is 5.10 Å². The van der Waals surface area contributed by atoms with Crippen molar-refractivity contribution in [2.75, 3.05) is 14.2 Å². The number of rotatable bonds is 5. The summed E-state index contributed by atoms with van der Waals surface area (Å²) in [7, 11) is -1.02. The van der Waals surface area contributed by atoms with Crippen LogP contribution >= 0.6 is 11.6 Å². The first-order valence-corrected chi connectivity index (χ1v) is 9.67. The minimum Gasteiger partial charge on any atom is -0.493 e. The standard InChI is InChI=1S/C10H13ClN4O3.C7H8O3S/c1-17-7-4-3-6(8(11)9(7)18-2)5-13-14-10(12)15-16;1-6-2-4-7(5-3-6)11(8,9)10/h3-5,16H,1-2H3,(H3,12,14,15);2-5H,1H3,(H,8,9,10)/b13-5+;. The average molecular weight is 445 g/mol. The van der Waals surface area contributed by atoms with Crippen LogP contribution in [0.3, 0.4) is 0 Å². The van der Waals surface area contributed by atoms with Crippen LogP contribution in [0.15, 0.2) is 51.5 Å². The number of hydrogen-bond donors (Lipinski definition) is 4. The Morgan fingerprint density at radius 2 is 1.79 bits per heavy atom. The van der Waals surface area contributed by atoms with Crippen molar-refractivity contribution in [1.82, 2.24) is 5.48 Å². The quantitative estimate of drug-likeness (QED) is 0.236. The summed E-state index contributed by atoms with van der Waals surface area (Å²) in [6.45, 7) is 1.84. The fourth-order valence-electron chi connectivity index (χ4n) is 1.89. The van der Waals surface area contributed by atoms with Gasteiger partial charge in [0, 0.05) is 5.56 Å². The molecule has 2 aromatic rings. The number of nitrogens with zero attached hydrogens (tertiary/aromatic N) is 2. The molecular formula is C17H21ClN4O6S. The number of aryl methyl sites for hydroxylation is 1. The van der Waals surface area contributed by atoms with E-state index in [4.69, 9.17) is 36.6 Å². The van der Waals surface area contributed by atoms with Crippen molar-refractivity contribution in [3.63, 3.8) is 0 Å². The van der Waals surface area contributed by atoms with Gasteiger partial charge < -0.3 is 15.2 Å². The molecule has 0 fully saturated rings. The average Bonchev–Trinajstić information content (AvgIpc) is 2.68. The predicted molar refractivity (Wildman–Crippen MR) is 110 cm³/mol. The van der Waals surface area contributed by atoms with Crippen LogP contribution in [-0.2, 0) is 10.1 Å². The lowest BCUT2D eigenvalue weighted by Gasteiger charge is -2.10. The lowest BCUT2D eigenvalue weighted by molar-refractivity contribution is 0.232. The largest absolute Gasteiger partial charge is 0.493 e. The summed E-state index contributed by atoms with van der Waals surface area (Å²) in [5, 5.41) is 15.8. The molecule has 10 nitrogen and oxygen atoms in total. The van der Waals surface area contributed by atoms with Crippen LogP contribution in [0, 0.1) is 6.92 Å². The summed E-state index contributed by atoms with van der Waals surface area (Å²) in [5.41, 5.74) is 8.35. The van der Waals surface area contributed by atoms with Crippen LogP contribution in [0.25, 0.3) is 0 Å². The third kappa shape index (κ3) is 7.58. The molecule has 0 atom stereocenters. The minimum atomic E-state index is -4.02. The van der Waals surface area contributed by atoms with Gasteiger partial charge in [-0.2, -0.15) is 13.5 Å². The molecule has 12 heteroatoms. The molecule has 2 aromatic carbocycles. The Kier molecular flexibility index (Phi) is 9.35. The van der Waals surface area contributed by atoms with E-state index in [0.717, 1.165) is 5.56 Å². The normalized spacial score (nSPS) is 11.6. The maximum Gasteiger partial charge on any atom is 0.294 e. The van der Waals surface area contributed by atoms with Crippen molar-refractivity contribution >= 4 is 33.9 Å². The van der Waals surface area contributed by atoms with E-state index in [9.17, 15) is 8.42 Å². The molecule has 5 N–H and O–H groups in total. The van der Waals surface area contributed by atoms with Crippen LogP contribution in [-0.4, -0.2) is 44.6 Å². The molecule has 158 valence electrons. The first-order valence-electron chi connectivity index (χ1n) is 7.85. The smallest absolute Gasteiger partial charge is 0.294 e. The van der Waals surface area contributed by atoms with Crippen LogP contribution < -0.4 is 20.7 Å². The number of nitrogens with one attached hydrogen (secondary N) is 1. The second kappa shape index (κ2) is 11.2. The van der Waals surface area contributed by atoms with Crippen LogP contribution in [0.5, 0.6) is 11.5 Å². The van der Waals surface area contributed by atoms with Crippen LogP contribution in [0.1, 0.15) is 11.1 Å². The van der Waals surface area contributed by atoms with Crippen molar-refractivity contribution in [1.29, 1.82) is 0 Å². The number of halogens is 1. The molecule has 2 rings (SSSR count). The van der Waals surface area contributed by atoms with Gasteiger partial charge in [-0.25, -0.2) is 5.48 Å². The number of nitrogens with two attached hydrogens (primary N) is 1. The first-order chi connectivity index (χ1) is 13.6. The topological polar surface area (TPSA) is 156 Å². The van der Waals surface area contributed by atoms with Gasteiger partial charge in [0.05, 0.1) is 30.4 Å². The Morgan fingerprint density at radius 1 is 1.17 bits per heavy atom. The Hall–Kier alpha value is -2.86. The number of ether oxygens (including phenoxy) is 2. The van der Waals surface area contributed by atoms with E-state index in [0.29, 0.717) is 22.1 Å². The van der Waals surface area contributed by atoms with Crippen LogP contribution in [0.4, 0.5) is 0 Å². The second-order valence-electron chi connectivity index (χ2n) is 5.33. The van der Waals surface area contributed by atoms with Gasteiger partial charge in [0.1, 0.15) is 0 Å². The molecule has 0 bridgehead atoms. The third-order valence-corrected chi connectivity index (χ3v) is 4.57. The molecular weight excluding hydrogens is 424 g/mol. The molecule has 0 aliphatic carbocycles. The zero-order valence-electron chi connectivity index (χ0n) is 15.8. The van der Waals surface area contributed by atoms with Crippen molar-refractivity contribution in [3.8, 4) is 11.5 Å². The monoisotopic (exact) mass is 444 g/mol. The summed E-state index contributed by atoms with van der Waals surface area (Å²) in [5.74, 6) is 0.683. The van der Waals surface area contributed by atoms with E-state index < -0.39 is 10.1 Å². The highest BCUT2D eigenvalue weighted by Gasteiger charge is 2.11. The summed E-state index contributed by atoms with van der Waals surface area (Å²) in [4.78, 5) is -0.0666. The van der Waals surface area contributed by atoms with E-state index in [1.807, 2.05) is 6.92 Å². The first kappa shape index (κ1) is 24.2. The van der Waals surface area contributed by atoms with Gasteiger partial charge in [0.25, 0.3) is 10.1 Å². The molecule has 0 saturated carbocycles. The summed E-state index contributed by atoms with van der Waals surface area (Å²) in [6, 6.07) is 9.36. The van der Waals surface area contributed by atoms with Crippen molar-refractivity contribution < 1.29 is 27.7 Å². The van der Waals surface area contributed by atoms with Crippen LogP contribution in [0.2, 0.25) is 5.02 Å². The Bertz CT molecular complexity index is 978. The summed E-state index contributed by atoms with van der Waals surface area (Å²) in [6.07, 6.45) is 1.37. The summed E-state index contributed by atoms with van der Waals surface area (Å²) < 4.78 is 39.8. The Morgan fingerprint density at radius 3 is 2.28 bits per heavy atom. The maximum absolute atomic E-state index is 10.5. The van der Waals surface area contributed by atoms with Gasteiger partial charge in [-0.3, -0.25) is 9.76 Å². The lowest BCUT2D eigenvalue weighted by atomic mass is 10.2. The highest BCUT2D eigenvalue weighted by Crippen LogP contribution is 2.36. The Labute approximate surface area is 173 Å². The molecule has 0 aliphatic heterocycles. The van der Waals surface area contributed by atoms with E-state index in [2.05, 4.69) is 10.2 Å². The molecule has 0 amide bonds. The SMILES string of the molecule is COc1ccc(/C=N/N=C(/N)NO)c(Cl)c1OC.Cc1ccc(S(=O)(=O)O)cc1. The number of hydroxylamine groups is 1. The molecule has 0 unspecified atom stereocenters. The fraction of sp³-hybridized carbons (Fsp3) is 0.176. The molecule has 0 radical (unpaired) electrons. The molecule has 0 aliphatic rings. The maximum atomic E-state index is 10.5. The van der Waals surface area contributed by atoms with E-state index in [1.54, 1.807) is 29.7 Å². The van der Waals surface area contributed by atoms with Crippen molar-refractivity contribution in [3.05, 3.63) is 52.5 Å². The number of benzene rings is 2. The summed E-state index contributed by atoms with van der Waals surface area (Å²) >= 11 is 6.10. The fourth-order valence-corrected chi connectivity index (χ4v) is 2.65. The molecule has 29 heavy (non-hydrogen) atoms. The zero-order valence-corrected chi connectivity index (χ0v) is 17.4. The Balaban J connectivity index is 0.000000326.